The van der Waals surface area contributed by atoms with Gasteiger partial charge in [0.1, 0.15) is 5.00 Å². The minimum atomic E-state index is -0.317. The number of aromatic nitrogens is 2. The zero-order valence-electron chi connectivity index (χ0n) is 21.0. The molecule has 1 aliphatic rings. The molecule has 0 saturated heterocycles. The van der Waals surface area contributed by atoms with Gasteiger partial charge in [-0.1, -0.05) is 49.4 Å². The summed E-state index contributed by atoms with van der Waals surface area (Å²) in [6, 6.07) is 14.8. The van der Waals surface area contributed by atoms with Crippen molar-refractivity contribution in [1.82, 2.24) is 9.78 Å². The molecule has 4 aromatic rings. The van der Waals surface area contributed by atoms with Crippen molar-refractivity contribution < 1.29 is 9.53 Å². The molecule has 8 heteroatoms. The van der Waals surface area contributed by atoms with Gasteiger partial charge in [-0.15, -0.1) is 11.3 Å². The van der Waals surface area contributed by atoms with E-state index in [0.717, 1.165) is 46.9 Å². The number of thiocarbonyl (C=S) groups is 1. The van der Waals surface area contributed by atoms with Crippen molar-refractivity contribution in [3.8, 4) is 0 Å². The molecular weight excluding hydrogens is 488 g/mol. The fourth-order valence-corrected chi connectivity index (χ4v) is 6.70. The van der Waals surface area contributed by atoms with Crippen molar-refractivity contribution in [3.63, 3.8) is 0 Å². The Morgan fingerprint density at radius 1 is 1.19 bits per heavy atom. The SMILES string of the molecule is COC(=O)c1c(NC(=S)Nc2c(C)nn(Cc3cccc4ccccc34)c2C)sc2c1CC[C@@H](C)C2. The Morgan fingerprint density at radius 2 is 1.97 bits per heavy atom. The monoisotopic (exact) mass is 518 g/mol. The molecule has 0 saturated carbocycles. The number of benzene rings is 2. The highest BCUT2D eigenvalue weighted by molar-refractivity contribution is 7.80. The number of nitrogens with one attached hydrogen (secondary N) is 2. The first-order valence-electron chi connectivity index (χ1n) is 12.2. The van der Waals surface area contributed by atoms with Crippen molar-refractivity contribution in [2.24, 2.45) is 5.92 Å². The summed E-state index contributed by atoms with van der Waals surface area (Å²) in [5.74, 6) is 0.292. The Morgan fingerprint density at radius 3 is 2.78 bits per heavy atom. The number of esters is 1. The zero-order chi connectivity index (χ0) is 25.4. The smallest absolute Gasteiger partial charge is 0.341 e. The Bertz CT molecular complexity index is 1460. The molecule has 5 rings (SSSR count). The summed E-state index contributed by atoms with van der Waals surface area (Å²) in [6.45, 7) is 6.93. The van der Waals surface area contributed by atoms with E-state index in [2.05, 4.69) is 60.0 Å². The van der Waals surface area contributed by atoms with Crippen LogP contribution in [-0.2, 0) is 24.1 Å². The molecule has 1 atom stereocenters. The van der Waals surface area contributed by atoms with Gasteiger partial charge in [-0.2, -0.15) is 5.10 Å². The quantitative estimate of drug-likeness (QED) is 0.233. The Hall–Kier alpha value is -3.23. The highest BCUT2D eigenvalue weighted by Crippen LogP contribution is 2.40. The third-order valence-corrected chi connectivity index (χ3v) is 8.32. The van der Waals surface area contributed by atoms with E-state index in [1.54, 1.807) is 11.3 Å². The normalized spacial score (nSPS) is 14.9. The molecular formula is C28H30N4O2S2. The average molecular weight is 519 g/mol. The lowest BCUT2D eigenvalue weighted by molar-refractivity contribution is 0.0601. The molecule has 0 spiro atoms. The summed E-state index contributed by atoms with van der Waals surface area (Å²) in [4.78, 5) is 13.9. The van der Waals surface area contributed by atoms with Crippen molar-refractivity contribution >= 4 is 56.1 Å². The lowest BCUT2D eigenvalue weighted by Gasteiger charge is -2.18. The summed E-state index contributed by atoms with van der Waals surface area (Å²) in [5.41, 5.74) is 5.68. The molecule has 0 bridgehead atoms. The number of thiophene rings is 1. The van der Waals surface area contributed by atoms with Gasteiger partial charge in [0.15, 0.2) is 5.11 Å². The fraction of sp³-hybridized carbons (Fsp3) is 0.321. The number of carbonyl (C=O) groups is 1. The number of fused-ring (bicyclic) bond motifs is 2. The minimum Gasteiger partial charge on any atom is -0.465 e. The van der Waals surface area contributed by atoms with Crippen LogP contribution in [0.3, 0.4) is 0 Å². The topological polar surface area (TPSA) is 68.2 Å². The summed E-state index contributed by atoms with van der Waals surface area (Å²) >= 11 is 7.29. The van der Waals surface area contributed by atoms with Crippen LogP contribution in [-0.4, -0.2) is 28.0 Å². The second kappa shape index (κ2) is 10.0. The van der Waals surface area contributed by atoms with Crippen molar-refractivity contribution in [2.75, 3.05) is 17.7 Å². The molecule has 2 N–H and O–H groups in total. The molecule has 0 aliphatic heterocycles. The molecule has 0 amide bonds. The van der Waals surface area contributed by atoms with Crippen LogP contribution in [0.25, 0.3) is 10.8 Å². The van der Waals surface area contributed by atoms with E-state index in [1.807, 2.05) is 18.5 Å². The second-order valence-electron chi connectivity index (χ2n) is 9.47. The standard InChI is InChI=1S/C28H30N4O2S2/c1-16-12-13-22-23(14-16)36-26(24(22)27(33)34-4)30-28(35)29-25-17(2)31-32(18(25)3)15-20-10-7-9-19-8-5-6-11-21(19)20/h5-11,16H,12-15H2,1-4H3,(H2,29,30,35)/t16-/m1/s1. The third kappa shape index (κ3) is 4.63. The molecule has 2 aromatic heterocycles. The van der Waals surface area contributed by atoms with E-state index in [-0.39, 0.29) is 5.97 Å². The number of methoxy groups -OCH3 is 1. The number of aryl methyl sites for hydroxylation is 1. The number of anilines is 2. The van der Waals surface area contributed by atoms with Crippen LogP contribution in [0.1, 0.15) is 51.1 Å². The van der Waals surface area contributed by atoms with Crippen molar-refractivity contribution in [1.29, 1.82) is 0 Å². The van der Waals surface area contributed by atoms with Crippen LogP contribution in [0, 0.1) is 19.8 Å². The Labute approximate surface area is 220 Å². The molecule has 0 unspecified atom stereocenters. The van der Waals surface area contributed by atoms with Gasteiger partial charge in [-0.3, -0.25) is 4.68 Å². The number of carbonyl (C=O) groups excluding carboxylic acids is 1. The minimum absolute atomic E-state index is 0.317. The molecule has 1 aliphatic carbocycles. The van der Waals surface area contributed by atoms with Gasteiger partial charge in [-0.25, -0.2) is 4.79 Å². The van der Waals surface area contributed by atoms with Gasteiger partial charge in [-0.05, 0) is 73.1 Å². The lowest BCUT2D eigenvalue weighted by Crippen LogP contribution is -2.21. The molecule has 6 nitrogen and oxygen atoms in total. The van der Waals surface area contributed by atoms with Crippen LogP contribution in [0.4, 0.5) is 10.7 Å². The predicted molar refractivity (Wildman–Crippen MR) is 151 cm³/mol. The van der Waals surface area contributed by atoms with Crippen LogP contribution in [0.5, 0.6) is 0 Å². The van der Waals surface area contributed by atoms with Crippen LogP contribution in [0.2, 0.25) is 0 Å². The predicted octanol–water partition coefficient (Wildman–Crippen LogP) is 6.48. The molecule has 0 radical (unpaired) electrons. The first-order chi connectivity index (χ1) is 17.4. The maximum Gasteiger partial charge on any atom is 0.341 e. The van der Waals surface area contributed by atoms with E-state index in [1.165, 1.54) is 28.3 Å². The van der Waals surface area contributed by atoms with Crippen LogP contribution >= 0.6 is 23.6 Å². The number of rotatable bonds is 5. The maximum absolute atomic E-state index is 12.6. The van der Waals surface area contributed by atoms with Crippen molar-refractivity contribution in [2.45, 2.75) is 46.6 Å². The summed E-state index contributed by atoms with van der Waals surface area (Å²) in [5, 5.41) is 15.0. The van der Waals surface area contributed by atoms with Crippen molar-refractivity contribution in [3.05, 3.63) is 75.4 Å². The first-order valence-corrected chi connectivity index (χ1v) is 13.4. The zero-order valence-corrected chi connectivity index (χ0v) is 22.6. The van der Waals surface area contributed by atoms with E-state index in [4.69, 9.17) is 22.1 Å². The van der Waals surface area contributed by atoms with Gasteiger partial charge in [0.25, 0.3) is 0 Å². The van der Waals surface area contributed by atoms with Crippen LogP contribution in [0.15, 0.2) is 42.5 Å². The average Bonchev–Trinajstić information content (AvgIpc) is 3.34. The van der Waals surface area contributed by atoms with Gasteiger partial charge >= 0.3 is 5.97 Å². The third-order valence-electron chi connectivity index (χ3n) is 6.95. The Kier molecular flexibility index (Phi) is 6.81. The van der Waals surface area contributed by atoms with Gasteiger partial charge < -0.3 is 15.4 Å². The number of hydrogen-bond acceptors (Lipinski definition) is 5. The molecule has 2 heterocycles. The number of nitrogens with zero attached hydrogens (tertiary/aromatic N) is 2. The second-order valence-corrected chi connectivity index (χ2v) is 11.0. The number of ether oxygens (including phenoxy) is 1. The number of hydrogen-bond donors (Lipinski definition) is 2. The largest absolute Gasteiger partial charge is 0.465 e. The molecule has 0 fully saturated rings. The van der Waals surface area contributed by atoms with Gasteiger partial charge in [0.2, 0.25) is 0 Å². The maximum atomic E-state index is 12.6. The molecule has 186 valence electrons. The lowest BCUT2D eigenvalue weighted by atomic mass is 9.88. The van der Waals surface area contributed by atoms with Gasteiger partial charge in [0, 0.05) is 4.88 Å². The first kappa shape index (κ1) is 24.5. The Balaban J connectivity index is 1.38. The van der Waals surface area contributed by atoms with E-state index >= 15 is 0 Å². The highest BCUT2D eigenvalue weighted by Gasteiger charge is 2.28. The van der Waals surface area contributed by atoms with E-state index in [9.17, 15) is 4.79 Å². The fourth-order valence-electron chi connectivity index (χ4n) is 5.03. The van der Waals surface area contributed by atoms with E-state index < -0.39 is 0 Å². The molecule has 36 heavy (non-hydrogen) atoms. The summed E-state index contributed by atoms with van der Waals surface area (Å²) < 4.78 is 7.11. The van der Waals surface area contributed by atoms with Gasteiger partial charge in [0.05, 0.1) is 36.3 Å². The highest BCUT2D eigenvalue weighted by atomic mass is 32.1. The summed E-state index contributed by atoms with van der Waals surface area (Å²) in [6.07, 6.45) is 2.94. The molecule has 2 aromatic carbocycles. The van der Waals surface area contributed by atoms with E-state index in [0.29, 0.717) is 23.1 Å². The summed E-state index contributed by atoms with van der Waals surface area (Å²) in [7, 11) is 1.43. The van der Waals surface area contributed by atoms with Crippen LogP contribution < -0.4 is 10.6 Å².